The molecule has 0 aliphatic rings. The molecule has 3 nitrogen and oxygen atoms in total. The van der Waals surface area contributed by atoms with Gasteiger partial charge in [-0.05, 0) is 45.4 Å². The van der Waals surface area contributed by atoms with Crippen LogP contribution < -0.4 is 5.73 Å². The van der Waals surface area contributed by atoms with Gasteiger partial charge in [-0.2, -0.15) is 0 Å². The average molecular weight is 354 g/mol. The van der Waals surface area contributed by atoms with E-state index in [9.17, 15) is 4.39 Å². The minimum atomic E-state index is -0.326. The minimum Gasteiger partial charge on any atom is -0.369 e. The van der Waals surface area contributed by atoms with Crippen molar-refractivity contribution in [3.8, 4) is 0 Å². The average Bonchev–Trinajstić information content (AvgIpc) is 2.97. The van der Waals surface area contributed by atoms with Crippen LogP contribution in [0.25, 0.3) is 11.0 Å². The lowest BCUT2D eigenvalue weighted by atomic mass is 10.2. The van der Waals surface area contributed by atoms with Crippen LogP contribution in [0.3, 0.4) is 0 Å². The van der Waals surface area contributed by atoms with Crippen molar-refractivity contribution in [2.45, 2.75) is 19.9 Å². The molecular weight excluding hydrogens is 341 g/mol. The number of benzene rings is 1. The predicted octanol–water partition coefficient (Wildman–Crippen LogP) is 4.19. The number of halogens is 2. The van der Waals surface area contributed by atoms with Crippen LogP contribution >= 0.6 is 27.3 Å². The summed E-state index contributed by atoms with van der Waals surface area (Å²) >= 11 is 4.92. The van der Waals surface area contributed by atoms with E-state index >= 15 is 0 Å². The first-order chi connectivity index (χ1) is 9.60. The van der Waals surface area contributed by atoms with E-state index in [1.807, 2.05) is 4.57 Å². The van der Waals surface area contributed by atoms with Gasteiger partial charge in [0.25, 0.3) is 0 Å². The Balaban J connectivity index is 2.11. The number of nitrogens with zero attached hydrogens (tertiary/aromatic N) is 2. The van der Waals surface area contributed by atoms with Crippen LogP contribution in [-0.4, -0.2) is 9.55 Å². The van der Waals surface area contributed by atoms with E-state index in [2.05, 4.69) is 39.3 Å². The lowest BCUT2D eigenvalue weighted by Crippen LogP contribution is -2.04. The highest BCUT2D eigenvalue weighted by Crippen LogP contribution is 2.27. The Hall–Kier alpha value is -1.40. The largest absolute Gasteiger partial charge is 0.369 e. The van der Waals surface area contributed by atoms with Crippen molar-refractivity contribution >= 4 is 44.2 Å². The van der Waals surface area contributed by atoms with Gasteiger partial charge in [0.1, 0.15) is 5.82 Å². The smallest absolute Gasteiger partial charge is 0.201 e. The number of nitrogen functional groups attached to an aromatic ring is 1. The molecular formula is C14H13BrFN3S. The number of rotatable bonds is 3. The first-order valence-corrected chi connectivity index (χ1v) is 7.93. The van der Waals surface area contributed by atoms with Gasteiger partial charge in [0, 0.05) is 10.9 Å². The summed E-state index contributed by atoms with van der Waals surface area (Å²) in [5.41, 5.74) is 8.72. The normalized spacial score (nSPS) is 11.3. The molecule has 0 aliphatic heterocycles. The maximum Gasteiger partial charge on any atom is 0.201 e. The lowest BCUT2D eigenvalue weighted by Gasteiger charge is -2.07. The van der Waals surface area contributed by atoms with Crippen molar-refractivity contribution in [3.63, 3.8) is 0 Å². The lowest BCUT2D eigenvalue weighted by molar-refractivity contribution is 0.622. The van der Waals surface area contributed by atoms with E-state index in [0.717, 1.165) is 11.9 Å². The molecule has 0 fully saturated rings. The molecule has 0 saturated carbocycles. The van der Waals surface area contributed by atoms with Crippen molar-refractivity contribution in [3.05, 3.63) is 44.3 Å². The van der Waals surface area contributed by atoms with Gasteiger partial charge in [0.2, 0.25) is 5.95 Å². The Kier molecular flexibility index (Phi) is 3.52. The quantitative estimate of drug-likeness (QED) is 0.766. The summed E-state index contributed by atoms with van der Waals surface area (Å²) in [6.07, 6.45) is 0.990. The maximum atomic E-state index is 13.6. The van der Waals surface area contributed by atoms with Crippen LogP contribution in [0.1, 0.15) is 17.4 Å². The van der Waals surface area contributed by atoms with E-state index < -0.39 is 0 Å². The maximum absolute atomic E-state index is 13.6. The summed E-state index contributed by atoms with van der Waals surface area (Å²) < 4.78 is 15.9. The Bertz CT molecular complexity index is 778. The van der Waals surface area contributed by atoms with Crippen molar-refractivity contribution in [1.29, 1.82) is 0 Å². The van der Waals surface area contributed by atoms with Crippen LogP contribution in [0, 0.1) is 5.82 Å². The zero-order valence-electron chi connectivity index (χ0n) is 10.9. The van der Waals surface area contributed by atoms with E-state index in [4.69, 9.17) is 5.73 Å². The van der Waals surface area contributed by atoms with Crippen LogP contribution in [0.4, 0.5) is 10.3 Å². The highest BCUT2D eigenvalue weighted by atomic mass is 79.9. The number of hydrogen-bond donors (Lipinski definition) is 1. The molecule has 1 aromatic carbocycles. The topological polar surface area (TPSA) is 43.8 Å². The number of aryl methyl sites for hydroxylation is 1. The Morgan fingerprint density at radius 1 is 1.45 bits per heavy atom. The Labute approximate surface area is 128 Å². The second-order valence-electron chi connectivity index (χ2n) is 4.53. The van der Waals surface area contributed by atoms with Gasteiger partial charge >= 0.3 is 0 Å². The number of aromatic nitrogens is 2. The SMILES string of the molecule is CCc1ccsc1Cn1c(N)nc2cc(F)c(Br)cc21. The molecule has 2 N–H and O–H groups in total. The third kappa shape index (κ3) is 2.23. The molecule has 104 valence electrons. The highest BCUT2D eigenvalue weighted by Gasteiger charge is 2.13. The molecule has 0 unspecified atom stereocenters. The number of nitrogens with two attached hydrogens (primary N) is 1. The van der Waals surface area contributed by atoms with Crippen molar-refractivity contribution in [1.82, 2.24) is 9.55 Å². The van der Waals surface area contributed by atoms with Gasteiger partial charge in [0.05, 0.1) is 22.1 Å². The molecule has 0 aliphatic carbocycles. The van der Waals surface area contributed by atoms with E-state index in [-0.39, 0.29) is 5.82 Å². The molecule has 3 rings (SSSR count). The fourth-order valence-corrected chi connectivity index (χ4v) is 3.56. The predicted molar refractivity (Wildman–Crippen MR) is 84.6 cm³/mol. The number of hydrogen-bond acceptors (Lipinski definition) is 3. The Morgan fingerprint density at radius 3 is 3.00 bits per heavy atom. The third-order valence-corrected chi connectivity index (χ3v) is 4.90. The molecule has 3 aromatic rings. The molecule has 0 bridgehead atoms. The van der Waals surface area contributed by atoms with Gasteiger partial charge in [-0.15, -0.1) is 11.3 Å². The van der Waals surface area contributed by atoms with Crippen LogP contribution in [0.2, 0.25) is 0 Å². The van der Waals surface area contributed by atoms with E-state index in [0.29, 0.717) is 22.5 Å². The summed E-state index contributed by atoms with van der Waals surface area (Å²) in [7, 11) is 0. The van der Waals surface area contributed by atoms with Gasteiger partial charge in [-0.3, -0.25) is 0 Å². The van der Waals surface area contributed by atoms with Crippen LogP contribution in [-0.2, 0) is 13.0 Å². The first kappa shape index (κ1) is 13.6. The summed E-state index contributed by atoms with van der Waals surface area (Å²) in [6, 6.07) is 5.26. The molecule has 0 saturated heterocycles. The molecule has 0 atom stereocenters. The second-order valence-corrected chi connectivity index (χ2v) is 6.39. The second kappa shape index (κ2) is 5.18. The number of anilines is 1. The zero-order valence-corrected chi connectivity index (χ0v) is 13.3. The monoisotopic (exact) mass is 353 g/mol. The molecule has 0 radical (unpaired) electrons. The number of thiophene rings is 1. The molecule has 6 heteroatoms. The fourth-order valence-electron chi connectivity index (χ4n) is 2.27. The van der Waals surface area contributed by atoms with Gasteiger partial charge in [0.15, 0.2) is 0 Å². The van der Waals surface area contributed by atoms with E-state index in [1.165, 1.54) is 16.5 Å². The number of imidazole rings is 1. The van der Waals surface area contributed by atoms with Crippen molar-refractivity contribution in [2.24, 2.45) is 0 Å². The zero-order chi connectivity index (χ0) is 14.3. The summed E-state index contributed by atoms with van der Waals surface area (Å²) in [5.74, 6) is 0.0838. The summed E-state index contributed by atoms with van der Waals surface area (Å²) in [5, 5.41) is 2.08. The highest BCUT2D eigenvalue weighted by molar-refractivity contribution is 9.10. The van der Waals surface area contributed by atoms with Gasteiger partial charge in [-0.25, -0.2) is 9.37 Å². The molecule has 20 heavy (non-hydrogen) atoms. The van der Waals surface area contributed by atoms with Crippen molar-refractivity contribution < 1.29 is 4.39 Å². The molecule has 0 amide bonds. The third-order valence-electron chi connectivity index (χ3n) is 3.34. The summed E-state index contributed by atoms with van der Waals surface area (Å²) in [4.78, 5) is 5.50. The standard InChI is InChI=1S/C14H13BrFN3S/c1-2-8-3-4-20-13(8)7-19-12-5-9(15)10(16)6-11(12)18-14(19)17/h3-6H,2,7H2,1H3,(H2,17,18). The molecule has 2 aromatic heterocycles. The summed E-state index contributed by atoms with van der Waals surface area (Å²) in [6.45, 7) is 2.80. The van der Waals surface area contributed by atoms with Crippen LogP contribution in [0.15, 0.2) is 28.1 Å². The van der Waals surface area contributed by atoms with Gasteiger partial charge in [-0.1, -0.05) is 6.92 Å². The minimum absolute atomic E-state index is 0.326. The van der Waals surface area contributed by atoms with E-state index in [1.54, 1.807) is 17.4 Å². The Morgan fingerprint density at radius 2 is 2.25 bits per heavy atom. The molecule has 0 spiro atoms. The van der Waals surface area contributed by atoms with Crippen molar-refractivity contribution in [2.75, 3.05) is 5.73 Å². The fraction of sp³-hybridized carbons (Fsp3) is 0.214. The molecule has 2 heterocycles. The number of fused-ring (bicyclic) bond motifs is 1. The first-order valence-electron chi connectivity index (χ1n) is 6.26. The van der Waals surface area contributed by atoms with Gasteiger partial charge < -0.3 is 10.3 Å². The van der Waals surface area contributed by atoms with Crippen LogP contribution in [0.5, 0.6) is 0 Å².